The lowest BCUT2D eigenvalue weighted by atomic mass is 10.3. The molecular formula is C9H9N5O3. The Hall–Kier alpha value is -2.51. The summed E-state index contributed by atoms with van der Waals surface area (Å²) in [7, 11) is 1.68. The Labute approximate surface area is 95.9 Å². The molecular weight excluding hydrogens is 226 g/mol. The lowest BCUT2D eigenvalue weighted by Gasteiger charge is -2.01. The number of carboxylic acids is 1. The molecule has 1 N–H and O–H groups in total. The molecule has 88 valence electrons. The number of hydrogen-bond acceptors (Lipinski definition) is 6. The zero-order chi connectivity index (χ0) is 12.4. The minimum absolute atomic E-state index is 0.0643. The van der Waals surface area contributed by atoms with Crippen LogP contribution < -0.4 is 4.74 Å². The largest absolute Gasteiger partial charge is 0.477 e. The van der Waals surface area contributed by atoms with Gasteiger partial charge in [-0.2, -0.15) is 9.97 Å². The third kappa shape index (κ3) is 2.54. The van der Waals surface area contributed by atoms with Gasteiger partial charge in [0, 0.05) is 12.7 Å². The predicted molar refractivity (Wildman–Crippen MR) is 54.8 cm³/mol. The average Bonchev–Trinajstić information content (AvgIpc) is 2.63. The molecule has 2 heterocycles. The fourth-order valence-electron chi connectivity index (χ4n) is 1.14. The maximum absolute atomic E-state index is 10.8. The lowest BCUT2D eigenvalue weighted by Crippen LogP contribution is -2.04. The van der Waals surface area contributed by atoms with Crippen LogP contribution in [-0.4, -0.2) is 35.8 Å². The number of aromatic nitrogens is 5. The van der Waals surface area contributed by atoms with E-state index < -0.39 is 5.97 Å². The molecule has 0 saturated heterocycles. The number of carbonyl (C=O) groups is 1. The fourth-order valence-corrected chi connectivity index (χ4v) is 1.14. The van der Waals surface area contributed by atoms with Crippen LogP contribution in [0, 0.1) is 6.92 Å². The molecule has 0 radical (unpaired) electrons. The molecule has 0 bridgehead atoms. The average molecular weight is 235 g/mol. The molecule has 0 unspecified atom stereocenters. The first-order chi connectivity index (χ1) is 8.04. The molecule has 0 spiro atoms. The van der Waals surface area contributed by atoms with E-state index in [1.165, 1.54) is 17.1 Å². The van der Waals surface area contributed by atoms with Crippen molar-refractivity contribution in [3.63, 3.8) is 0 Å². The maximum Gasteiger partial charge on any atom is 0.354 e. The van der Waals surface area contributed by atoms with Crippen LogP contribution in [0.5, 0.6) is 12.0 Å². The van der Waals surface area contributed by atoms with Crippen LogP contribution in [0.15, 0.2) is 12.4 Å². The van der Waals surface area contributed by atoms with Gasteiger partial charge < -0.3 is 9.84 Å². The van der Waals surface area contributed by atoms with Gasteiger partial charge in [0.2, 0.25) is 0 Å². The third-order valence-corrected chi connectivity index (χ3v) is 1.81. The van der Waals surface area contributed by atoms with Gasteiger partial charge in [-0.25, -0.2) is 9.78 Å². The summed E-state index contributed by atoms with van der Waals surface area (Å²) >= 11 is 0. The van der Waals surface area contributed by atoms with Crippen molar-refractivity contribution in [3.8, 4) is 12.0 Å². The summed E-state index contributed by atoms with van der Waals surface area (Å²) in [4.78, 5) is 22.2. The van der Waals surface area contributed by atoms with Gasteiger partial charge in [-0.3, -0.25) is 4.68 Å². The molecule has 0 aliphatic heterocycles. The Kier molecular flexibility index (Phi) is 2.69. The standard InChI is InChI=1S/C9H9N5O3/c1-5-3-6(7(15)16)12-9(11-5)17-8-10-4-14(2)13-8/h3-4H,1-2H3,(H,15,16). The minimum atomic E-state index is -1.14. The van der Waals surface area contributed by atoms with Gasteiger partial charge in [0.1, 0.15) is 6.33 Å². The zero-order valence-corrected chi connectivity index (χ0v) is 9.15. The normalized spacial score (nSPS) is 10.2. The van der Waals surface area contributed by atoms with E-state index in [0.29, 0.717) is 5.69 Å². The SMILES string of the molecule is Cc1cc(C(=O)O)nc(Oc2ncn(C)n2)n1. The van der Waals surface area contributed by atoms with Crippen LogP contribution in [0.2, 0.25) is 0 Å². The first kappa shape index (κ1) is 11.0. The van der Waals surface area contributed by atoms with Crippen molar-refractivity contribution in [3.05, 3.63) is 23.8 Å². The molecule has 8 nitrogen and oxygen atoms in total. The Balaban J connectivity index is 2.29. The lowest BCUT2D eigenvalue weighted by molar-refractivity contribution is 0.0689. The van der Waals surface area contributed by atoms with Crippen molar-refractivity contribution < 1.29 is 14.6 Å². The van der Waals surface area contributed by atoms with Gasteiger partial charge in [0.15, 0.2) is 5.69 Å². The summed E-state index contributed by atoms with van der Waals surface area (Å²) in [6.07, 6.45) is 1.45. The van der Waals surface area contributed by atoms with Crippen molar-refractivity contribution >= 4 is 5.97 Å². The first-order valence-corrected chi connectivity index (χ1v) is 4.67. The highest BCUT2D eigenvalue weighted by atomic mass is 16.5. The van der Waals surface area contributed by atoms with Crippen LogP contribution in [0.3, 0.4) is 0 Å². The monoisotopic (exact) mass is 235 g/mol. The number of aryl methyl sites for hydroxylation is 2. The Morgan fingerprint density at radius 2 is 2.18 bits per heavy atom. The maximum atomic E-state index is 10.8. The highest BCUT2D eigenvalue weighted by Gasteiger charge is 2.11. The van der Waals surface area contributed by atoms with E-state index in [9.17, 15) is 4.79 Å². The van der Waals surface area contributed by atoms with Crippen molar-refractivity contribution in [2.24, 2.45) is 7.05 Å². The molecule has 0 fully saturated rings. The van der Waals surface area contributed by atoms with E-state index in [-0.39, 0.29) is 17.7 Å². The summed E-state index contributed by atoms with van der Waals surface area (Å²) in [5, 5.41) is 12.7. The van der Waals surface area contributed by atoms with Gasteiger partial charge in [-0.15, -0.1) is 5.10 Å². The minimum Gasteiger partial charge on any atom is -0.477 e. The summed E-state index contributed by atoms with van der Waals surface area (Å²) in [5.74, 6) is -1.14. The van der Waals surface area contributed by atoms with Gasteiger partial charge in [-0.05, 0) is 13.0 Å². The summed E-state index contributed by atoms with van der Waals surface area (Å²) < 4.78 is 6.59. The third-order valence-electron chi connectivity index (χ3n) is 1.81. The van der Waals surface area contributed by atoms with Crippen molar-refractivity contribution in [1.82, 2.24) is 24.7 Å². The summed E-state index contributed by atoms with van der Waals surface area (Å²) in [6.45, 7) is 1.65. The van der Waals surface area contributed by atoms with E-state index >= 15 is 0 Å². The van der Waals surface area contributed by atoms with E-state index in [1.807, 2.05) is 0 Å². The smallest absolute Gasteiger partial charge is 0.354 e. The Morgan fingerprint density at radius 3 is 2.76 bits per heavy atom. The highest BCUT2D eigenvalue weighted by Crippen LogP contribution is 2.13. The number of carboxylic acid groups (broad SMARTS) is 1. The van der Waals surface area contributed by atoms with Crippen molar-refractivity contribution in [2.45, 2.75) is 6.92 Å². The zero-order valence-electron chi connectivity index (χ0n) is 9.15. The number of aromatic carboxylic acids is 1. The molecule has 0 aliphatic carbocycles. The molecule has 0 aliphatic rings. The number of ether oxygens (including phenoxy) is 1. The van der Waals surface area contributed by atoms with Crippen molar-refractivity contribution in [2.75, 3.05) is 0 Å². The van der Waals surface area contributed by atoms with Gasteiger partial charge >= 0.3 is 18.0 Å². The van der Waals surface area contributed by atoms with Crippen LogP contribution >= 0.6 is 0 Å². The molecule has 2 rings (SSSR count). The van der Waals surface area contributed by atoms with Crippen LogP contribution in [0.25, 0.3) is 0 Å². The van der Waals surface area contributed by atoms with Gasteiger partial charge in [0.25, 0.3) is 0 Å². The first-order valence-electron chi connectivity index (χ1n) is 4.67. The Bertz CT molecular complexity index is 566. The van der Waals surface area contributed by atoms with E-state index in [0.717, 1.165) is 0 Å². The molecule has 17 heavy (non-hydrogen) atoms. The highest BCUT2D eigenvalue weighted by molar-refractivity contribution is 5.85. The molecule has 8 heteroatoms. The fraction of sp³-hybridized carbons (Fsp3) is 0.222. The van der Waals surface area contributed by atoms with Crippen LogP contribution in [-0.2, 0) is 7.05 Å². The topological polar surface area (TPSA) is 103 Å². The molecule has 2 aromatic heterocycles. The van der Waals surface area contributed by atoms with Crippen LogP contribution in [0.1, 0.15) is 16.2 Å². The molecule has 0 aromatic carbocycles. The number of rotatable bonds is 3. The summed E-state index contributed by atoms with van der Waals surface area (Å²) in [6, 6.07) is 1.32. The van der Waals surface area contributed by atoms with Crippen LogP contribution in [0.4, 0.5) is 0 Å². The predicted octanol–water partition coefficient (Wildman–Crippen LogP) is 0.404. The second kappa shape index (κ2) is 4.16. The van der Waals surface area contributed by atoms with E-state index in [2.05, 4.69) is 20.1 Å². The van der Waals surface area contributed by atoms with Gasteiger partial charge in [0.05, 0.1) is 0 Å². The van der Waals surface area contributed by atoms with E-state index in [4.69, 9.17) is 9.84 Å². The van der Waals surface area contributed by atoms with E-state index in [1.54, 1.807) is 14.0 Å². The molecule has 0 saturated carbocycles. The number of nitrogens with zero attached hydrogens (tertiary/aromatic N) is 5. The molecule has 0 atom stereocenters. The van der Waals surface area contributed by atoms with Crippen molar-refractivity contribution in [1.29, 1.82) is 0 Å². The quantitative estimate of drug-likeness (QED) is 0.821. The summed E-state index contributed by atoms with van der Waals surface area (Å²) in [5.41, 5.74) is 0.353. The molecule has 0 amide bonds. The van der Waals surface area contributed by atoms with Gasteiger partial charge in [-0.1, -0.05) is 0 Å². The molecule has 2 aromatic rings. The number of hydrogen-bond donors (Lipinski definition) is 1. The second-order valence-electron chi connectivity index (χ2n) is 3.29. The Morgan fingerprint density at radius 1 is 1.41 bits per heavy atom. The second-order valence-corrected chi connectivity index (χ2v) is 3.29.